The number of methoxy groups -OCH3 is 1. The Morgan fingerprint density at radius 1 is 1.59 bits per heavy atom. The fourth-order valence-electron chi connectivity index (χ4n) is 2.16. The number of azo groups is 1. The van der Waals surface area contributed by atoms with Gasteiger partial charge in [0.05, 0.1) is 25.1 Å². The van der Waals surface area contributed by atoms with Gasteiger partial charge in [-0.15, -0.1) is 0 Å². The second-order valence-electron chi connectivity index (χ2n) is 4.28. The van der Waals surface area contributed by atoms with Gasteiger partial charge in [-0.05, 0) is 6.42 Å². The molecule has 2 rings (SSSR count). The molecule has 2 unspecified atom stereocenters. The first-order valence-corrected chi connectivity index (χ1v) is 6.03. The minimum atomic E-state index is -1.14. The molecule has 4 atom stereocenters. The fraction of sp³-hybridized carbons (Fsp3) is 0.900. The van der Waals surface area contributed by atoms with Crippen LogP contribution in [-0.2, 0) is 9.53 Å². The van der Waals surface area contributed by atoms with E-state index < -0.39 is 23.7 Å². The third kappa shape index (κ3) is 2.57. The highest BCUT2D eigenvalue weighted by Gasteiger charge is 2.38. The third-order valence-corrected chi connectivity index (χ3v) is 3.61. The summed E-state index contributed by atoms with van der Waals surface area (Å²) in [7, 11) is 1.48. The van der Waals surface area contributed by atoms with Crippen molar-refractivity contribution in [1.82, 2.24) is 4.90 Å². The topological polar surface area (TPSA) is 54.3 Å². The molecule has 0 aromatic heterocycles. The van der Waals surface area contributed by atoms with Crippen molar-refractivity contribution in [2.24, 2.45) is 16.1 Å². The third-order valence-electron chi connectivity index (χ3n) is 3.22. The second kappa shape index (κ2) is 5.27. The van der Waals surface area contributed by atoms with Gasteiger partial charge in [-0.2, -0.15) is 10.2 Å². The number of nitrogens with zero attached hydrogens (tertiary/aromatic N) is 3. The number of alkyl halides is 2. The molecule has 5 nitrogen and oxygen atoms in total. The van der Waals surface area contributed by atoms with Gasteiger partial charge in [-0.25, -0.2) is 4.39 Å². The Morgan fingerprint density at radius 2 is 2.35 bits per heavy atom. The summed E-state index contributed by atoms with van der Waals surface area (Å²) in [4.78, 5) is 13.6. The van der Waals surface area contributed by atoms with Gasteiger partial charge in [0.2, 0.25) is 5.91 Å². The number of amides is 1. The lowest BCUT2D eigenvalue weighted by atomic mass is 10.0. The largest absolute Gasteiger partial charge is 0.378 e. The van der Waals surface area contributed by atoms with Crippen LogP contribution in [0.1, 0.15) is 6.42 Å². The van der Waals surface area contributed by atoms with Crippen molar-refractivity contribution in [3.05, 3.63) is 0 Å². The number of hydrogen-bond donors (Lipinski definition) is 0. The zero-order valence-electron chi connectivity index (χ0n) is 9.55. The van der Waals surface area contributed by atoms with Gasteiger partial charge in [0.1, 0.15) is 6.17 Å². The standard InChI is InChI=1S/C10H15ClFN3O2/c1-17-8-2-3-15(5-7(8)12)10(16)6-4-13-14-9(6)11/h6-9H,2-5H2,1H3/t6?,7-,8+,9?/m1/s1. The van der Waals surface area contributed by atoms with Gasteiger partial charge in [0.25, 0.3) is 0 Å². The first kappa shape index (κ1) is 12.7. The maximum atomic E-state index is 13.6. The van der Waals surface area contributed by atoms with E-state index in [9.17, 15) is 9.18 Å². The van der Waals surface area contributed by atoms with E-state index in [-0.39, 0.29) is 12.5 Å². The quantitative estimate of drug-likeness (QED) is 0.556. The summed E-state index contributed by atoms with van der Waals surface area (Å²) in [6, 6.07) is 0. The van der Waals surface area contributed by atoms with Crippen LogP contribution in [0.3, 0.4) is 0 Å². The maximum Gasteiger partial charge on any atom is 0.231 e. The van der Waals surface area contributed by atoms with Crippen LogP contribution in [0.15, 0.2) is 10.2 Å². The Labute approximate surface area is 104 Å². The van der Waals surface area contributed by atoms with E-state index in [2.05, 4.69) is 10.2 Å². The summed E-state index contributed by atoms with van der Waals surface area (Å²) in [6.45, 7) is 0.865. The van der Waals surface area contributed by atoms with E-state index >= 15 is 0 Å². The van der Waals surface area contributed by atoms with E-state index in [4.69, 9.17) is 16.3 Å². The van der Waals surface area contributed by atoms with E-state index in [1.54, 1.807) is 0 Å². The molecule has 0 aromatic carbocycles. The molecule has 0 radical (unpaired) electrons. The van der Waals surface area contributed by atoms with Crippen LogP contribution >= 0.6 is 11.6 Å². The first-order valence-electron chi connectivity index (χ1n) is 5.60. The molecule has 1 saturated heterocycles. The number of carbonyl (C=O) groups excluding carboxylic acids is 1. The van der Waals surface area contributed by atoms with Gasteiger partial charge < -0.3 is 9.64 Å². The maximum absolute atomic E-state index is 13.6. The van der Waals surface area contributed by atoms with Gasteiger partial charge in [0.15, 0.2) is 5.50 Å². The SMILES string of the molecule is CO[C@H]1CCN(C(=O)C2CN=NC2Cl)C[C@H]1F. The molecule has 0 spiro atoms. The summed E-state index contributed by atoms with van der Waals surface area (Å²) in [5.74, 6) is -0.602. The Morgan fingerprint density at radius 3 is 2.88 bits per heavy atom. The van der Waals surface area contributed by atoms with Crippen LogP contribution in [0.5, 0.6) is 0 Å². The molecule has 2 aliphatic rings. The van der Waals surface area contributed by atoms with E-state index in [1.807, 2.05) is 0 Å². The molecule has 1 amide bonds. The fourth-order valence-corrected chi connectivity index (χ4v) is 2.41. The zero-order chi connectivity index (χ0) is 12.4. The van der Waals surface area contributed by atoms with Crippen molar-refractivity contribution < 1.29 is 13.9 Å². The van der Waals surface area contributed by atoms with E-state index in [1.165, 1.54) is 12.0 Å². The molecular weight excluding hydrogens is 249 g/mol. The van der Waals surface area contributed by atoms with Crippen LogP contribution in [0.25, 0.3) is 0 Å². The molecule has 0 aliphatic carbocycles. The van der Waals surface area contributed by atoms with Crippen LogP contribution in [0, 0.1) is 5.92 Å². The van der Waals surface area contributed by atoms with Crippen molar-refractivity contribution >= 4 is 17.5 Å². The van der Waals surface area contributed by atoms with Gasteiger partial charge in [0, 0.05) is 13.7 Å². The van der Waals surface area contributed by atoms with Crippen LogP contribution in [0.2, 0.25) is 0 Å². The van der Waals surface area contributed by atoms with E-state index in [0.717, 1.165) is 0 Å². The highest BCUT2D eigenvalue weighted by Crippen LogP contribution is 2.25. The minimum Gasteiger partial charge on any atom is -0.378 e. The predicted molar refractivity (Wildman–Crippen MR) is 59.7 cm³/mol. The number of hydrogen-bond acceptors (Lipinski definition) is 4. The average Bonchev–Trinajstić information content (AvgIpc) is 2.74. The van der Waals surface area contributed by atoms with Crippen molar-refractivity contribution in [2.45, 2.75) is 24.2 Å². The molecule has 1 fully saturated rings. The van der Waals surface area contributed by atoms with Gasteiger partial charge in [-0.1, -0.05) is 11.6 Å². The minimum absolute atomic E-state index is 0.0669. The Bertz CT molecular complexity index is 329. The molecule has 0 bridgehead atoms. The van der Waals surface area contributed by atoms with Crippen molar-refractivity contribution in [1.29, 1.82) is 0 Å². The molecule has 0 N–H and O–H groups in total. The van der Waals surface area contributed by atoms with E-state index in [0.29, 0.717) is 19.5 Å². The molecule has 2 aliphatic heterocycles. The number of likely N-dealkylation sites (tertiary alicyclic amines) is 1. The lowest BCUT2D eigenvalue weighted by Gasteiger charge is -2.35. The van der Waals surface area contributed by atoms with Crippen LogP contribution < -0.4 is 0 Å². The smallest absolute Gasteiger partial charge is 0.231 e. The molecule has 0 aromatic rings. The Hall–Kier alpha value is -0.750. The van der Waals surface area contributed by atoms with Crippen molar-refractivity contribution in [2.75, 3.05) is 26.7 Å². The van der Waals surface area contributed by atoms with Crippen molar-refractivity contribution in [3.63, 3.8) is 0 Å². The molecular formula is C10H15ClFN3O2. The first-order chi connectivity index (χ1) is 8.13. The number of carbonyl (C=O) groups is 1. The highest BCUT2D eigenvalue weighted by atomic mass is 35.5. The summed E-state index contributed by atoms with van der Waals surface area (Å²) in [5.41, 5.74) is -0.610. The molecule has 0 saturated carbocycles. The predicted octanol–water partition coefficient (Wildman–Crippen LogP) is 1.22. The summed E-state index contributed by atoms with van der Waals surface area (Å²) in [5, 5.41) is 7.45. The van der Waals surface area contributed by atoms with Crippen molar-refractivity contribution in [3.8, 4) is 0 Å². The molecule has 17 heavy (non-hydrogen) atoms. The average molecular weight is 264 g/mol. The Balaban J connectivity index is 1.93. The number of piperidine rings is 1. The number of halogens is 2. The highest BCUT2D eigenvalue weighted by molar-refractivity contribution is 6.22. The normalized spacial score (nSPS) is 37.5. The van der Waals surface area contributed by atoms with Gasteiger partial charge in [-0.3, -0.25) is 4.79 Å². The summed E-state index contributed by atoms with van der Waals surface area (Å²) < 4.78 is 18.6. The lowest BCUT2D eigenvalue weighted by molar-refractivity contribution is -0.139. The number of ether oxygens (including phenoxy) is 1. The zero-order valence-corrected chi connectivity index (χ0v) is 10.3. The second-order valence-corrected chi connectivity index (χ2v) is 4.73. The Kier molecular flexibility index (Phi) is 3.93. The number of rotatable bonds is 2. The monoisotopic (exact) mass is 263 g/mol. The molecule has 96 valence electrons. The summed E-state index contributed by atoms with van der Waals surface area (Å²) >= 11 is 5.86. The summed E-state index contributed by atoms with van der Waals surface area (Å²) in [6.07, 6.45) is -1.04. The molecule has 2 heterocycles. The lowest BCUT2D eigenvalue weighted by Crippen LogP contribution is -2.50. The van der Waals surface area contributed by atoms with Gasteiger partial charge >= 0.3 is 0 Å². The van der Waals surface area contributed by atoms with Crippen LogP contribution in [0.4, 0.5) is 4.39 Å². The van der Waals surface area contributed by atoms with Crippen LogP contribution in [-0.4, -0.2) is 55.3 Å². The molecule has 7 heteroatoms.